The van der Waals surface area contributed by atoms with Crippen molar-refractivity contribution in [2.24, 2.45) is 5.73 Å². The van der Waals surface area contributed by atoms with Crippen molar-refractivity contribution in [1.29, 1.82) is 0 Å². The van der Waals surface area contributed by atoms with Crippen LogP contribution >= 0.6 is 0 Å². The van der Waals surface area contributed by atoms with Gasteiger partial charge in [-0.2, -0.15) is 0 Å². The highest BCUT2D eigenvalue weighted by Gasteiger charge is 2.34. The fraction of sp³-hybridized carbons (Fsp3) is 0.200. The zero-order valence-corrected chi connectivity index (χ0v) is 9.14. The number of hydrogen-bond acceptors (Lipinski definition) is 1. The van der Waals surface area contributed by atoms with Gasteiger partial charge < -0.3 is 5.73 Å². The summed E-state index contributed by atoms with van der Waals surface area (Å²) in [5.74, 6) is 0.587. The first-order valence-electron chi connectivity index (χ1n) is 5.75. The van der Waals surface area contributed by atoms with Gasteiger partial charge in [0.05, 0.1) is 0 Å². The summed E-state index contributed by atoms with van der Waals surface area (Å²) in [4.78, 5) is 0. The molecule has 0 bridgehead atoms. The first kappa shape index (κ1) is 9.61. The van der Waals surface area contributed by atoms with Gasteiger partial charge in [0.2, 0.25) is 0 Å². The van der Waals surface area contributed by atoms with Crippen molar-refractivity contribution < 1.29 is 0 Å². The summed E-state index contributed by atoms with van der Waals surface area (Å²) in [5, 5.41) is 0. The molecule has 1 aliphatic rings. The van der Waals surface area contributed by atoms with Crippen LogP contribution in [-0.4, -0.2) is 6.04 Å². The van der Waals surface area contributed by atoms with E-state index in [1.807, 2.05) is 6.07 Å². The standard InChI is InChI=1S/C15H15N/c16-15-10-14(15)13-8-4-7-12(9-13)11-5-2-1-3-6-11/h1-9,14-15H,10,16H2/t14?,15-/m1/s1. The second-order valence-electron chi connectivity index (χ2n) is 4.50. The first-order chi connectivity index (χ1) is 7.84. The maximum absolute atomic E-state index is 5.89. The highest BCUT2D eigenvalue weighted by atomic mass is 14.7. The Bertz CT molecular complexity index is 490. The molecule has 2 aromatic rings. The highest BCUT2D eigenvalue weighted by Crippen LogP contribution is 2.39. The molecule has 1 fully saturated rings. The molecule has 80 valence electrons. The van der Waals surface area contributed by atoms with E-state index in [4.69, 9.17) is 5.73 Å². The molecule has 0 amide bonds. The molecule has 1 nitrogen and oxygen atoms in total. The second kappa shape index (κ2) is 3.76. The molecule has 0 saturated heterocycles. The van der Waals surface area contributed by atoms with E-state index in [0.29, 0.717) is 12.0 Å². The molecule has 0 aromatic heterocycles. The van der Waals surface area contributed by atoms with E-state index >= 15 is 0 Å². The minimum absolute atomic E-state index is 0.381. The summed E-state index contributed by atoms with van der Waals surface area (Å²) >= 11 is 0. The average Bonchev–Trinajstić information content (AvgIpc) is 3.08. The fourth-order valence-electron chi connectivity index (χ4n) is 2.18. The molecule has 0 aliphatic heterocycles. The zero-order valence-electron chi connectivity index (χ0n) is 9.14. The number of hydrogen-bond donors (Lipinski definition) is 1. The molecule has 1 aliphatic carbocycles. The number of nitrogens with two attached hydrogens (primary N) is 1. The van der Waals surface area contributed by atoms with Crippen LogP contribution in [0.25, 0.3) is 11.1 Å². The molecule has 2 atom stereocenters. The minimum Gasteiger partial charge on any atom is -0.327 e. The Morgan fingerprint density at radius 3 is 2.25 bits per heavy atom. The Labute approximate surface area is 95.9 Å². The Hall–Kier alpha value is -1.60. The van der Waals surface area contributed by atoms with Crippen molar-refractivity contribution in [3.05, 3.63) is 60.2 Å². The summed E-state index contributed by atoms with van der Waals surface area (Å²) in [6.07, 6.45) is 1.14. The van der Waals surface area contributed by atoms with Gasteiger partial charge >= 0.3 is 0 Å². The fourth-order valence-corrected chi connectivity index (χ4v) is 2.18. The average molecular weight is 209 g/mol. The van der Waals surface area contributed by atoms with Crippen LogP contribution in [0.15, 0.2) is 54.6 Å². The first-order valence-corrected chi connectivity index (χ1v) is 5.75. The van der Waals surface area contributed by atoms with E-state index in [9.17, 15) is 0 Å². The molecule has 2 N–H and O–H groups in total. The topological polar surface area (TPSA) is 26.0 Å². The number of rotatable bonds is 2. The van der Waals surface area contributed by atoms with Crippen LogP contribution in [0, 0.1) is 0 Å². The van der Waals surface area contributed by atoms with Crippen molar-refractivity contribution in [3.63, 3.8) is 0 Å². The van der Waals surface area contributed by atoms with Gasteiger partial charge in [0.15, 0.2) is 0 Å². The second-order valence-corrected chi connectivity index (χ2v) is 4.50. The Balaban J connectivity index is 1.97. The maximum Gasteiger partial charge on any atom is 0.0115 e. The molecule has 3 rings (SSSR count). The van der Waals surface area contributed by atoms with Crippen LogP contribution < -0.4 is 5.73 Å². The summed E-state index contributed by atoms with van der Waals surface area (Å²) in [5.41, 5.74) is 9.84. The molecule has 0 heterocycles. The van der Waals surface area contributed by atoms with Crippen LogP contribution in [0.4, 0.5) is 0 Å². The predicted octanol–water partition coefficient (Wildman–Crippen LogP) is 3.17. The number of benzene rings is 2. The summed E-state index contributed by atoms with van der Waals surface area (Å²) in [7, 11) is 0. The Kier molecular flexibility index (Phi) is 2.26. The van der Waals surface area contributed by atoms with Crippen molar-refractivity contribution in [3.8, 4) is 11.1 Å². The molecule has 2 aromatic carbocycles. The zero-order chi connectivity index (χ0) is 11.0. The summed E-state index contributed by atoms with van der Waals surface area (Å²) in [6.45, 7) is 0. The molecule has 1 heteroatoms. The Morgan fingerprint density at radius 2 is 1.56 bits per heavy atom. The monoisotopic (exact) mass is 209 g/mol. The van der Waals surface area contributed by atoms with Crippen LogP contribution in [0.2, 0.25) is 0 Å². The molecular weight excluding hydrogens is 194 g/mol. The molecule has 1 unspecified atom stereocenters. The SMILES string of the molecule is N[C@@H]1CC1c1cccc(-c2ccccc2)c1. The van der Waals surface area contributed by atoms with E-state index in [-0.39, 0.29) is 0 Å². The lowest BCUT2D eigenvalue weighted by Gasteiger charge is -2.04. The van der Waals surface area contributed by atoms with Gasteiger partial charge in [0.1, 0.15) is 0 Å². The summed E-state index contributed by atoms with van der Waals surface area (Å²) < 4.78 is 0. The van der Waals surface area contributed by atoms with Crippen LogP contribution in [0.3, 0.4) is 0 Å². The van der Waals surface area contributed by atoms with Gasteiger partial charge in [0, 0.05) is 12.0 Å². The van der Waals surface area contributed by atoms with Crippen molar-refractivity contribution >= 4 is 0 Å². The van der Waals surface area contributed by atoms with E-state index in [1.165, 1.54) is 16.7 Å². The third-order valence-corrected chi connectivity index (χ3v) is 3.26. The lowest BCUT2D eigenvalue weighted by atomic mass is 10.0. The lowest BCUT2D eigenvalue weighted by molar-refractivity contribution is 0.991. The van der Waals surface area contributed by atoms with Crippen molar-refractivity contribution in [1.82, 2.24) is 0 Å². The summed E-state index contributed by atoms with van der Waals surface area (Å²) in [6, 6.07) is 19.6. The third-order valence-electron chi connectivity index (χ3n) is 3.26. The van der Waals surface area contributed by atoms with E-state index in [0.717, 1.165) is 6.42 Å². The van der Waals surface area contributed by atoms with Crippen molar-refractivity contribution in [2.45, 2.75) is 18.4 Å². The molecule has 0 radical (unpaired) electrons. The van der Waals surface area contributed by atoms with E-state index in [1.54, 1.807) is 0 Å². The normalized spacial score (nSPS) is 23.1. The quantitative estimate of drug-likeness (QED) is 0.807. The third kappa shape index (κ3) is 1.74. The molecule has 1 saturated carbocycles. The van der Waals surface area contributed by atoms with Crippen molar-refractivity contribution in [2.75, 3.05) is 0 Å². The van der Waals surface area contributed by atoms with Crippen LogP contribution in [0.5, 0.6) is 0 Å². The lowest BCUT2D eigenvalue weighted by Crippen LogP contribution is -2.00. The van der Waals surface area contributed by atoms with E-state index in [2.05, 4.69) is 48.5 Å². The van der Waals surface area contributed by atoms with E-state index < -0.39 is 0 Å². The molecule has 16 heavy (non-hydrogen) atoms. The minimum atomic E-state index is 0.381. The predicted molar refractivity (Wildman–Crippen MR) is 67.2 cm³/mol. The molecule has 0 spiro atoms. The van der Waals surface area contributed by atoms with Gasteiger partial charge in [0.25, 0.3) is 0 Å². The van der Waals surface area contributed by atoms with Crippen LogP contribution in [-0.2, 0) is 0 Å². The van der Waals surface area contributed by atoms with Gasteiger partial charge in [-0.1, -0.05) is 54.6 Å². The van der Waals surface area contributed by atoms with Gasteiger partial charge in [-0.15, -0.1) is 0 Å². The molecular formula is C15H15N. The van der Waals surface area contributed by atoms with Gasteiger partial charge in [-0.3, -0.25) is 0 Å². The Morgan fingerprint density at radius 1 is 0.875 bits per heavy atom. The maximum atomic E-state index is 5.89. The van der Waals surface area contributed by atoms with Crippen LogP contribution in [0.1, 0.15) is 17.9 Å². The van der Waals surface area contributed by atoms with Gasteiger partial charge in [-0.25, -0.2) is 0 Å². The van der Waals surface area contributed by atoms with Gasteiger partial charge in [-0.05, 0) is 23.1 Å². The largest absolute Gasteiger partial charge is 0.327 e. The smallest absolute Gasteiger partial charge is 0.0115 e. The highest BCUT2D eigenvalue weighted by molar-refractivity contribution is 5.64.